The fourth-order valence-electron chi connectivity index (χ4n) is 5.23. The molecule has 7 nitrogen and oxygen atoms in total. The zero-order chi connectivity index (χ0) is 23.7. The van der Waals surface area contributed by atoms with Crippen molar-refractivity contribution in [3.05, 3.63) is 47.8 Å². The molecule has 4 heterocycles. The summed E-state index contributed by atoms with van der Waals surface area (Å²) in [5.41, 5.74) is 0.778. The summed E-state index contributed by atoms with van der Waals surface area (Å²) in [6.07, 6.45) is 4.16. The van der Waals surface area contributed by atoms with Crippen LogP contribution in [0.4, 0.5) is 8.78 Å². The molecule has 0 radical (unpaired) electrons. The van der Waals surface area contributed by atoms with Gasteiger partial charge in [-0.05, 0) is 69.1 Å². The van der Waals surface area contributed by atoms with Crippen LogP contribution >= 0.6 is 0 Å². The van der Waals surface area contributed by atoms with Crippen molar-refractivity contribution in [3.8, 4) is 17.0 Å². The molecule has 0 aliphatic carbocycles. The average Bonchev–Trinajstić information content (AvgIpc) is 3.30. The van der Waals surface area contributed by atoms with Crippen LogP contribution < -0.4 is 4.74 Å². The number of carbonyl (C=O) groups is 1. The number of piperidine rings is 2. The van der Waals surface area contributed by atoms with Crippen molar-refractivity contribution in [2.45, 2.75) is 44.6 Å². The van der Waals surface area contributed by atoms with Gasteiger partial charge in [-0.25, -0.2) is 23.1 Å². The van der Waals surface area contributed by atoms with Crippen LogP contribution in [0, 0.1) is 5.92 Å². The third kappa shape index (κ3) is 4.36. The molecule has 2 aliphatic rings. The van der Waals surface area contributed by atoms with Gasteiger partial charge in [-0.1, -0.05) is 6.42 Å². The lowest BCUT2D eigenvalue weighted by molar-refractivity contribution is 0.00749. The molecule has 0 spiro atoms. The van der Waals surface area contributed by atoms with Gasteiger partial charge in [0.05, 0.1) is 25.6 Å². The highest BCUT2D eigenvalue weighted by Crippen LogP contribution is 2.32. The molecular weight excluding hydrogens is 442 g/mol. The van der Waals surface area contributed by atoms with Crippen molar-refractivity contribution in [2.24, 2.45) is 5.92 Å². The van der Waals surface area contributed by atoms with Crippen molar-refractivity contribution in [1.82, 2.24) is 19.5 Å². The first kappa shape index (κ1) is 22.7. The number of halogens is 2. The monoisotopic (exact) mass is 470 g/mol. The molecule has 0 amide bonds. The van der Waals surface area contributed by atoms with E-state index in [1.54, 1.807) is 31.4 Å². The first-order valence-corrected chi connectivity index (χ1v) is 11.8. The smallest absolute Gasteiger partial charge is 0.343 e. The molecule has 34 heavy (non-hydrogen) atoms. The maximum atomic E-state index is 13.8. The van der Waals surface area contributed by atoms with E-state index in [-0.39, 0.29) is 16.9 Å². The Labute approximate surface area is 196 Å². The molecule has 5 rings (SSSR count). The highest BCUT2D eigenvalue weighted by atomic mass is 19.3. The molecular formula is C25H28F2N4O3. The molecule has 2 saturated heterocycles. The number of esters is 1. The zero-order valence-corrected chi connectivity index (χ0v) is 19.1. The second kappa shape index (κ2) is 9.66. The van der Waals surface area contributed by atoms with Gasteiger partial charge in [0.25, 0.3) is 6.43 Å². The Hall–Kier alpha value is -3.07. The molecule has 0 unspecified atom stereocenters. The minimum atomic E-state index is -2.79. The minimum absolute atomic E-state index is 0.0663. The molecule has 0 N–H and O–H groups in total. The molecule has 3 aromatic rings. The van der Waals surface area contributed by atoms with Gasteiger partial charge in [0, 0.05) is 17.5 Å². The van der Waals surface area contributed by atoms with Crippen LogP contribution in [0.25, 0.3) is 16.9 Å². The number of ether oxygens (including phenoxy) is 2. The fraction of sp³-hybridized carbons (Fsp3) is 0.480. The second-order valence-electron chi connectivity index (χ2n) is 8.99. The van der Waals surface area contributed by atoms with Gasteiger partial charge in [0.15, 0.2) is 5.65 Å². The molecule has 9 heteroatoms. The summed E-state index contributed by atoms with van der Waals surface area (Å²) in [5.74, 6) is 0.355. The highest BCUT2D eigenvalue weighted by molar-refractivity contribution is 5.96. The molecule has 1 aromatic carbocycles. The number of alkyl halides is 2. The maximum absolute atomic E-state index is 13.8. The van der Waals surface area contributed by atoms with Crippen molar-refractivity contribution in [1.29, 1.82) is 0 Å². The van der Waals surface area contributed by atoms with Crippen LogP contribution in [-0.2, 0) is 4.74 Å². The Morgan fingerprint density at radius 3 is 2.71 bits per heavy atom. The normalized spacial score (nSPS) is 20.9. The third-order valence-electron chi connectivity index (χ3n) is 6.99. The van der Waals surface area contributed by atoms with Gasteiger partial charge < -0.3 is 9.47 Å². The molecule has 0 bridgehead atoms. The zero-order valence-electron chi connectivity index (χ0n) is 19.1. The Bertz CT molecular complexity index is 1160. The quantitative estimate of drug-likeness (QED) is 0.484. The molecule has 2 aliphatic heterocycles. The first-order chi connectivity index (χ1) is 16.5. The van der Waals surface area contributed by atoms with E-state index >= 15 is 0 Å². The summed E-state index contributed by atoms with van der Waals surface area (Å²) in [6, 6.07) is 8.67. The lowest BCUT2D eigenvalue weighted by atomic mass is 9.84. The molecule has 2 aromatic heterocycles. The predicted molar refractivity (Wildman–Crippen MR) is 122 cm³/mol. The Balaban J connectivity index is 1.41. The van der Waals surface area contributed by atoms with Gasteiger partial charge in [0.2, 0.25) is 0 Å². The van der Waals surface area contributed by atoms with Crippen LogP contribution in [0.2, 0.25) is 0 Å². The highest BCUT2D eigenvalue weighted by Gasteiger charge is 2.34. The van der Waals surface area contributed by atoms with E-state index in [1.165, 1.54) is 25.1 Å². The Morgan fingerprint density at radius 2 is 1.94 bits per heavy atom. The standard InChI is InChI=1S/C25H28F2N4O3/c1-33-18-9-7-16(8-10-18)20-13-22(23(26)27)31-24(29-20)19(14-28-31)25(32)34-15-17-5-4-12-30-11-3-2-6-21(17)30/h7-10,13-14,17,21,23H,2-6,11-12,15H2,1H3/t17-,21+/m1/s1. The summed E-state index contributed by atoms with van der Waals surface area (Å²) in [6.45, 7) is 2.53. The van der Waals surface area contributed by atoms with Gasteiger partial charge >= 0.3 is 5.97 Å². The summed E-state index contributed by atoms with van der Waals surface area (Å²) < 4.78 is 39.6. The number of methoxy groups -OCH3 is 1. The molecule has 2 atom stereocenters. The van der Waals surface area contributed by atoms with E-state index in [4.69, 9.17) is 9.47 Å². The number of hydrogen-bond acceptors (Lipinski definition) is 6. The third-order valence-corrected chi connectivity index (χ3v) is 6.99. The topological polar surface area (TPSA) is 69.0 Å². The van der Waals surface area contributed by atoms with Crippen molar-refractivity contribution < 1.29 is 23.0 Å². The molecule has 2 fully saturated rings. The van der Waals surface area contributed by atoms with E-state index in [2.05, 4.69) is 15.0 Å². The Morgan fingerprint density at radius 1 is 1.15 bits per heavy atom. The summed E-state index contributed by atoms with van der Waals surface area (Å²) in [7, 11) is 1.55. The number of benzene rings is 1. The van der Waals surface area contributed by atoms with Crippen molar-refractivity contribution >= 4 is 11.6 Å². The second-order valence-corrected chi connectivity index (χ2v) is 8.99. The number of carbonyl (C=O) groups excluding carboxylic acids is 1. The number of hydrogen-bond donors (Lipinski definition) is 0. The molecule has 0 saturated carbocycles. The molecule has 180 valence electrons. The van der Waals surface area contributed by atoms with E-state index in [1.807, 2.05) is 0 Å². The van der Waals surface area contributed by atoms with Crippen molar-refractivity contribution in [3.63, 3.8) is 0 Å². The largest absolute Gasteiger partial charge is 0.497 e. The van der Waals surface area contributed by atoms with Crippen LogP contribution in [0.3, 0.4) is 0 Å². The lowest BCUT2D eigenvalue weighted by Gasteiger charge is -2.44. The van der Waals surface area contributed by atoms with Gasteiger partial charge in [-0.3, -0.25) is 4.90 Å². The number of nitrogens with zero attached hydrogens (tertiary/aromatic N) is 4. The fourth-order valence-corrected chi connectivity index (χ4v) is 5.23. The summed E-state index contributed by atoms with van der Waals surface area (Å²) in [5, 5.41) is 4.03. The minimum Gasteiger partial charge on any atom is -0.497 e. The maximum Gasteiger partial charge on any atom is 0.343 e. The number of rotatable bonds is 6. The van der Waals surface area contributed by atoms with Gasteiger partial charge in [-0.15, -0.1) is 0 Å². The SMILES string of the molecule is COc1ccc(-c2cc(C(F)F)n3ncc(C(=O)OC[C@H]4CCCN5CCCC[C@@H]45)c3n2)cc1. The lowest BCUT2D eigenvalue weighted by Crippen LogP contribution is -2.49. The number of fused-ring (bicyclic) bond motifs is 2. The summed E-state index contributed by atoms with van der Waals surface area (Å²) >= 11 is 0. The van der Waals surface area contributed by atoms with E-state index in [9.17, 15) is 13.6 Å². The van der Waals surface area contributed by atoms with Gasteiger partial charge in [-0.2, -0.15) is 5.10 Å². The van der Waals surface area contributed by atoms with Crippen molar-refractivity contribution in [2.75, 3.05) is 26.8 Å². The van der Waals surface area contributed by atoms with E-state index in [0.717, 1.165) is 36.9 Å². The Kier molecular flexibility index (Phi) is 6.45. The van der Waals surface area contributed by atoms with Crippen LogP contribution in [0.5, 0.6) is 5.75 Å². The first-order valence-electron chi connectivity index (χ1n) is 11.8. The average molecular weight is 471 g/mol. The van der Waals surface area contributed by atoms with Crippen LogP contribution in [0.1, 0.15) is 54.6 Å². The van der Waals surface area contributed by atoms with Gasteiger partial charge in [0.1, 0.15) is 17.0 Å². The van der Waals surface area contributed by atoms with Crippen LogP contribution in [0.15, 0.2) is 36.5 Å². The number of aromatic nitrogens is 3. The van der Waals surface area contributed by atoms with E-state index in [0.29, 0.717) is 35.6 Å². The summed E-state index contributed by atoms with van der Waals surface area (Å²) in [4.78, 5) is 20.0. The van der Waals surface area contributed by atoms with Crippen LogP contribution in [-0.4, -0.2) is 58.3 Å². The van der Waals surface area contributed by atoms with E-state index < -0.39 is 12.4 Å². The predicted octanol–water partition coefficient (Wildman–Crippen LogP) is 4.76.